The monoisotopic (exact) mass is 415 g/mol. The van der Waals surface area contributed by atoms with Crippen molar-refractivity contribution in [2.45, 2.75) is 12.7 Å². The molecule has 2 aromatic carbocycles. The van der Waals surface area contributed by atoms with Crippen LogP contribution in [0.4, 0.5) is 19.1 Å². The SMILES string of the molecule is O=C(NCc1ccccc1)c1ccc(C(=O)NNc2nccc(C(F)(F)F)n2)cc1. The summed E-state index contributed by atoms with van der Waals surface area (Å²) in [4.78, 5) is 31.2. The van der Waals surface area contributed by atoms with Crippen molar-refractivity contribution in [2.75, 3.05) is 5.43 Å². The van der Waals surface area contributed by atoms with Crippen molar-refractivity contribution in [3.63, 3.8) is 0 Å². The number of hydrogen-bond acceptors (Lipinski definition) is 5. The molecule has 10 heteroatoms. The van der Waals surface area contributed by atoms with Gasteiger partial charge in [-0.05, 0) is 35.9 Å². The second-order valence-electron chi connectivity index (χ2n) is 6.09. The average Bonchev–Trinajstić information content (AvgIpc) is 2.76. The molecule has 7 nitrogen and oxygen atoms in total. The van der Waals surface area contributed by atoms with E-state index < -0.39 is 23.7 Å². The number of nitrogens with zero attached hydrogens (tertiary/aromatic N) is 2. The molecule has 1 heterocycles. The minimum absolute atomic E-state index is 0.189. The molecule has 0 aliphatic carbocycles. The van der Waals surface area contributed by atoms with Crippen LogP contribution in [-0.2, 0) is 12.7 Å². The van der Waals surface area contributed by atoms with E-state index in [1.54, 1.807) is 0 Å². The zero-order valence-electron chi connectivity index (χ0n) is 15.4. The molecule has 0 saturated heterocycles. The number of halogens is 3. The van der Waals surface area contributed by atoms with Gasteiger partial charge in [0, 0.05) is 23.9 Å². The highest BCUT2D eigenvalue weighted by Gasteiger charge is 2.32. The number of carbonyl (C=O) groups excluding carboxylic acids is 2. The Kier molecular flexibility index (Phi) is 6.26. The Morgan fingerprint density at radius 3 is 2.13 bits per heavy atom. The number of anilines is 1. The predicted molar refractivity (Wildman–Crippen MR) is 102 cm³/mol. The number of rotatable bonds is 6. The van der Waals surface area contributed by atoms with Crippen molar-refractivity contribution >= 4 is 17.8 Å². The number of hydrogen-bond donors (Lipinski definition) is 3. The van der Waals surface area contributed by atoms with Crippen LogP contribution >= 0.6 is 0 Å². The van der Waals surface area contributed by atoms with Gasteiger partial charge in [-0.15, -0.1) is 0 Å². The lowest BCUT2D eigenvalue weighted by molar-refractivity contribution is -0.141. The van der Waals surface area contributed by atoms with E-state index in [1.807, 2.05) is 30.3 Å². The number of benzene rings is 2. The van der Waals surface area contributed by atoms with Crippen molar-refractivity contribution < 1.29 is 22.8 Å². The van der Waals surface area contributed by atoms with Gasteiger partial charge in [-0.25, -0.2) is 9.97 Å². The Bertz CT molecular complexity index is 1020. The van der Waals surface area contributed by atoms with Crippen molar-refractivity contribution in [1.29, 1.82) is 0 Å². The fourth-order valence-electron chi connectivity index (χ4n) is 2.41. The van der Waals surface area contributed by atoms with E-state index in [9.17, 15) is 22.8 Å². The van der Waals surface area contributed by atoms with Gasteiger partial charge in [0.15, 0.2) is 0 Å². The molecule has 0 aliphatic heterocycles. The van der Waals surface area contributed by atoms with Gasteiger partial charge in [0.25, 0.3) is 11.8 Å². The first kappa shape index (κ1) is 20.8. The summed E-state index contributed by atoms with van der Waals surface area (Å²) >= 11 is 0. The van der Waals surface area contributed by atoms with Crippen LogP contribution in [0.25, 0.3) is 0 Å². The Morgan fingerprint density at radius 2 is 1.50 bits per heavy atom. The van der Waals surface area contributed by atoms with Gasteiger partial charge < -0.3 is 5.32 Å². The van der Waals surface area contributed by atoms with Crippen LogP contribution in [0.15, 0.2) is 66.9 Å². The molecule has 0 fully saturated rings. The molecule has 30 heavy (non-hydrogen) atoms. The zero-order valence-corrected chi connectivity index (χ0v) is 15.4. The molecule has 1 aromatic heterocycles. The zero-order chi connectivity index (χ0) is 21.6. The number of aromatic nitrogens is 2. The first-order chi connectivity index (χ1) is 14.3. The Balaban J connectivity index is 1.55. The lowest BCUT2D eigenvalue weighted by atomic mass is 10.1. The molecule has 0 spiro atoms. The number of amides is 2. The number of carbonyl (C=O) groups is 2. The summed E-state index contributed by atoms with van der Waals surface area (Å²) in [6.07, 6.45) is -3.70. The summed E-state index contributed by atoms with van der Waals surface area (Å²) in [6, 6.07) is 15.9. The van der Waals surface area contributed by atoms with E-state index >= 15 is 0 Å². The quantitative estimate of drug-likeness (QED) is 0.538. The highest BCUT2D eigenvalue weighted by molar-refractivity contribution is 5.98. The Morgan fingerprint density at radius 1 is 0.867 bits per heavy atom. The molecule has 0 aliphatic rings. The standard InChI is InChI=1S/C20H16F3N5O2/c21-20(22,23)16-10-11-24-19(26-16)28-27-18(30)15-8-6-14(7-9-15)17(29)25-12-13-4-2-1-3-5-13/h1-11H,12H2,(H,25,29)(H,27,30)(H,24,26,28). The van der Waals surface area contributed by atoms with Crippen LogP contribution in [0.3, 0.4) is 0 Å². The summed E-state index contributed by atoms with van der Waals surface area (Å²) in [5.74, 6) is -1.34. The van der Waals surface area contributed by atoms with Crippen LogP contribution in [0, 0.1) is 0 Å². The van der Waals surface area contributed by atoms with E-state index in [4.69, 9.17) is 0 Å². The first-order valence-electron chi connectivity index (χ1n) is 8.72. The first-order valence-corrected chi connectivity index (χ1v) is 8.72. The molecule has 0 bridgehead atoms. The van der Waals surface area contributed by atoms with Gasteiger partial charge in [-0.3, -0.25) is 20.4 Å². The largest absolute Gasteiger partial charge is 0.433 e. The van der Waals surface area contributed by atoms with Gasteiger partial charge in [-0.1, -0.05) is 30.3 Å². The fourth-order valence-corrected chi connectivity index (χ4v) is 2.41. The molecular formula is C20H16F3N5O2. The fraction of sp³-hybridized carbons (Fsp3) is 0.100. The van der Waals surface area contributed by atoms with Gasteiger partial charge in [0.2, 0.25) is 5.95 Å². The molecule has 3 rings (SSSR count). The summed E-state index contributed by atoms with van der Waals surface area (Å²) < 4.78 is 37.9. The van der Waals surface area contributed by atoms with E-state index in [2.05, 4.69) is 26.1 Å². The van der Waals surface area contributed by atoms with Crippen LogP contribution in [0.1, 0.15) is 32.0 Å². The summed E-state index contributed by atoms with van der Waals surface area (Å²) in [5, 5.41) is 2.77. The minimum atomic E-state index is -4.62. The summed E-state index contributed by atoms with van der Waals surface area (Å²) in [5.41, 5.74) is 4.79. The topological polar surface area (TPSA) is 96.0 Å². The third-order valence-electron chi connectivity index (χ3n) is 3.94. The molecule has 2 amide bonds. The number of nitrogens with one attached hydrogen (secondary N) is 3. The highest BCUT2D eigenvalue weighted by Crippen LogP contribution is 2.27. The van der Waals surface area contributed by atoms with Crippen molar-refractivity contribution in [1.82, 2.24) is 20.7 Å². The van der Waals surface area contributed by atoms with Gasteiger partial charge in [-0.2, -0.15) is 13.2 Å². The van der Waals surface area contributed by atoms with E-state index in [0.717, 1.165) is 11.8 Å². The molecule has 0 unspecified atom stereocenters. The van der Waals surface area contributed by atoms with E-state index in [1.165, 1.54) is 24.3 Å². The maximum atomic E-state index is 12.6. The van der Waals surface area contributed by atoms with Crippen LogP contribution in [-0.4, -0.2) is 21.8 Å². The van der Waals surface area contributed by atoms with Crippen LogP contribution in [0.2, 0.25) is 0 Å². The molecule has 3 N–H and O–H groups in total. The third-order valence-corrected chi connectivity index (χ3v) is 3.94. The lowest BCUT2D eigenvalue weighted by Gasteiger charge is -2.10. The highest BCUT2D eigenvalue weighted by atomic mass is 19.4. The van der Waals surface area contributed by atoms with Crippen molar-refractivity contribution in [3.8, 4) is 0 Å². The van der Waals surface area contributed by atoms with E-state index in [0.29, 0.717) is 18.2 Å². The second-order valence-corrected chi connectivity index (χ2v) is 6.09. The lowest BCUT2D eigenvalue weighted by Crippen LogP contribution is -2.30. The molecular weight excluding hydrogens is 399 g/mol. The Hall–Kier alpha value is -3.95. The number of alkyl halides is 3. The van der Waals surface area contributed by atoms with Crippen LogP contribution < -0.4 is 16.2 Å². The molecule has 3 aromatic rings. The van der Waals surface area contributed by atoms with E-state index in [-0.39, 0.29) is 11.5 Å². The average molecular weight is 415 g/mol. The maximum Gasteiger partial charge on any atom is 0.433 e. The van der Waals surface area contributed by atoms with Crippen molar-refractivity contribution in [3.05, 3.63) is 89.2 Å². The normalized spacial score (nSPS) is 10.9. The van der Waals surface area contributed by atoms with Gasteiger partial charge in [0.1, 0.15) is 5.69 Å². The molecule has 0 atom stereocenters. The third kappa shape index (κ3) is 5.53. The Labute approximate surface area is 169 Å². The van der Waals surface area contributed by atoms with Gasteiger partial charge >= 0.3 is 6.18 Å². The second kappa shape index (κ2) is 9.03. The molecule has 0 saturated carbocycles. The number of hydrazine groups is 1. The molecule has 0 radical (unpaired) electrons. The predicted octanol–water partition coefficient (Wildman–Crippen LogP) is 3.18. The minimum Gasteiger partial charge on any atom is -0.348 e. The smallest absolute Gasteiger partial charge is 0.348 e. The van der Waals surface area contributed by atoms with Crippen LogP contribution in [0.5, 0.6) is 0 Å². The van der Waals surface area contributed by atoms with Gasteiger partial charge in [0.05, 0.1) is 0 Å². The summed E-state index contributed by atoms with van der Waals surface area (Å²) in [7, 11) is 0. The maximum absolute atomic E-state index is 12.6. The molecule has 154 valence electrons. The van der Waals surface area contributed by atoms with Crippen molar-refractivity contribution in [2.24, 2.45) is 0 Å². The summed E-state index contributed by atoms with van der Waals surface area (Å²) in [6.45, 7) is 0.364.